The van der Waals surface area contributed by atoms with Gasteiger partial charge in [0.15, 0.2) is 0 Å². The zero-order valence-electron chi connectivity index (χ0n) is 16.8. The second-order valence-electron chi connectivity index (χ2n) is 7.19. The molecular weight excluding hydrogens is 350 g/mol. The SMILES string of the molecule is CCc1ccccc1NC(=O)CCN(C(C)=O)c1ccc(N2CCCC2)cc1. The average molecular weight is 380 g/mol. The summed E-state index contributed by atoms with van der Waals surface area (Å²) in [6.07, 6.45) is 3.58. The molecule has 1 aliphatic rings. The maximum absolute atomic E-state index is 12.4. The highest BCUT2D eigenvalue weighted by atomic mass is 16.2. The van der Waals surface area contributed by atoms with E-state index in [1.807, 2.05) is 36.4 Å². The van der Waals surface area contributed by atoms with Crippen LogP contribution in [0.25, 0.3) is 0 Å². The minimum Gasteiger partial charge on any atom is -0.372 e. The van der Waals surface area contributed by atoms with Gasteiger partial charge >= 0.3 is 0 Å². The van der Waals surface area contributed by atoms with E-state index >= 15 is 0 Å². The predicted octanol–water partition coefficient (Wildman–Crippen LogP) is 4.23. The number of hydrogen-bond donors (Lipinski definition) is 1. The maximum atomic E-state index is 12.4. The van der Waals surface area contributed by atoms with Gasteiger partial charge in [0, 0.05) is 50.0 Å². The number of nitrogens with one attached hydrogen (secondary N) is 1. The Morgan fingerprint density at radius 3 is 2.36 bits per heavy atom. The van der Waals surface area contributed by atoms with Crippen LogP contribution in [0.1, 0.15) is 38.7 Å². The van der Waals surface area contributed by atoms with Gasteiger partial charge in [0.1, 0.15) is 0 Å². The van der Waals surface area contributed by atoms with Gasteiger partial charge in [-0.2, -0.15) is 0 Å². The molecule has 0 unspecified atom stereocenters. The number of rotatable bonds is 7. The van der Waals surface area contributed by atoms with E-state index in [9.17, 15) is 9.59 Å². The molecule has 0 radical (unpaired) electrons. The summed E-state index contributed by atoms with van der Waals surface area (Å²) < 4.78 is 0. The number of carbonyl (C=O) groups excluding carboxylic acids is 2. The van der Waals surface area contributed by atoms with Crippen molar-refractivity contribution in [3.05, 3.63) is 54.1 Å². The highest BCUT2D eigenvalue weighted by molar-refractivity contribution is 5.95. The molecule has 28 heavy (non-hydrogen) atoms. The quantitative estimate of drug-likeness (QED) is 0.783. The Morgan fingerprint density at radius 1 is 1.04 bits per heavy atom. The molecule has 2 amide bonds. The van der Waals surface area contributed by atoms with Crippen LogP contribution in [-0.2, 0) is 16.0 Å². The molecular formula is C23H29N3O2. The Balaban J connectivity index is 1.61. The highest BCUT2D eigenvalue weighted by Crippen LogP contribution is 2.24. The van der Waals surface area contributed by atoms with E-state index in [-0.39, 0.29) is 18.2 Å². The fourth-order valence-electron chi connectivity index (χ4n) is 3.66. The summed E-state index contributed by atoms with van der Waals surface area (Å²) in [5.74, 6) is -0.142. The first-order valence-corrected chi connectivity index (χ1v) is 10.1. The molecule has 1 fully saturated rings. The van der Waals surface area contributed by atoms with Crippen molar-refractivity contribution >= 4 is 28.9 Å². The molecule has 5 heteroatoms. The molecule has 0 aliphatic carbocycles. The van der Waals surface area contributed by atoms with Gasteiger partial charge in [-0.05, 0) is 55.2 Å². The third kappa shape index (κ3) is 4.91. The van der Waals surface area contributed by atoms with E-state index < -0.39 is 0 Å². The Morgan fingerprint density at radius 2 is 1.71 bits per heavy atom. The molecule has 3 rings (SSSR count). The molecule has 0 saturated carbocycles. The van der Waals surface area contributed by atoms with Crippen molar-refractivity contribution in [1.29, 1.82) is 0 Å². The zero-order valence-corrected chi connectivity index (χ0v) is 16.8. The van der Waals surface area contributed by atoms with Crippen LogP contribution in [0.4, 0.5) is 17.1 Å². The molecule has 2 aromatic carbocycles. The average Bonchev–Trinajstić information content (AvgIpc) is 3.23. The van der Waals surface area contributed by atoms with Gasteiger partial charge in [0.2, 0.25) is 11.8 Å². The summed E-state index contributed by atoms with van der Waals surface area (Å²) in [6, 6.07) is 15.9. The van der Waals surface area contributed by atoms with Crippen LogP contribution in [0, 0.1) is 0 Å². The van der Waals surface area contributed by atoms with Crippen molar-refractivity contribution < 1.29 is 9.59 Å². The number of para-hydroxylation sites is 1. The van der Waals surface area contributed by atoms with Crippen molar-refractivity contribution in [3.63, 3.8) is 0 Å². The fraction of sp³-hybridized carbons (Fsp3) is 0.391. The largest absolute Gasteiger partial charge is 0.372 e. The van der Waals surface area contributed by atoms with Crippen LogP contribution in [0.2, 0.25) is 0 Å². The molecule has 5 nitrogen and oxygen atoms in total. The number of carbonyl (C=O) groups is 2. The molecule has 1 heterocycles. The van der Waals surface area contributed by atoms with E-state index in [0.717, 1.165) is 36.4 Å². The van der Waals surface area contributed by atoms with Crippen LogP contribution in [0.5, 0.6) is 0 Å². The molecule has 1 saturated heterocycles. The van der Waals surface area contributed by atoms with Crippen LogP contribution < -0.4 is 15.1 Å². The molecule has 1 aliphatic heterocycles. The van der Waals surface area contributed by atoms with Crippen molar-refractivity contribution in [3.8, 4) is 0 Å². The monoisotopic (exact) mass is 379 g/mol. The van der Waals surface area contributed by atoms with E-state index in [4.69, 9.17) is 0 Å². The Labute approximate surface area is 167 Å². The predicted molar refractivity (Wildman–Crippen MR) is 115 cm³/mol. The lowest BCUT2D eigenvalue weighted by molar-refractivity contribution is -0.117. The third-order valence-corrected chi connectivity index (χ3v) is 5.25. The lowest BCUT2D eigenvalue weighted by Gasteiger charge is -2.23. The maximum Gasteiger partial charge on any atom is 0.226 e. The Bertz CT molecular complexity index is 811. The van der Waals surface area contributed by atoms with E-state index in [1.165, 1.54) is 18.5 Å². The number of hydrogen-bond acceptors (Lipinski definition) is 3. The van der Waals surface area contributed by atoms with Gasteiger partial charge < -0.3 is 15.1 Å². The highest BCUT2D eigenvalue weighted by Gasteiger charge is 2.16. The van der Waals surface area contributed by atoms with Crippen LogP contribution >= 0.6 is 0 Å². The standard InChI is InChI=1S/C23H29N3O2/c1-3-19-8-4-5-9-22(19)24-23(28)14-17-26(18(2)27)21-12-10-20(11-13-21)25-15-6-7-16-25/h4-5,8-13H,3,6-7,14-17H2,1-2H3,(H,24,28). The summed E-state index contributed by atoms with van der Waals surface area (Å²) >= 11 is 0. The number of anilines is 3. The number of nitrogens with zero attached hydrogens (tertiary/aromatic N) is 2. The van der Waals surface area contributed by atoms with Gasteiger partial charge in [0.25, 0.3) is 0 Å². The number of benzene rings is 2. The molecule has 1 N–H and O–H groups in total. The number of aryl methyl sites for hydroxylation is 1. The lowest BCUT2D eigenvalue weighted by atomic mass is 10.1. The van der Waals surface area contributed by atoms with E-state index in [0.29, 0.717) is 6.54 Å². The van der Waals surface area contributed by atoms with E-state index in [2.05, 4.69) is 29.3 Å². The number of amides is 2. The van der Waals surface area contributed by atoms with Crippen molar-refractivity contribution in [2.45, 2.75) is 39.5 Å². The second kappa shape index (κ2) is 9.40. The van der Waals surface area contributed by atoms with Crippen LogP contribution in [0.3, 0.4) is 0 Å². The van der Waals surface area contributed by atoms with Gasteiger partial charge in [0.05, 0.1) is 0 Å². The van der Waals surface area contributed by atoms with E-state index in [1.54, 1.807) is 11.8 Å². The minimum absolute atomic E-state index is 0.0596. The fourth-order valence-corrected chi connectivity index (χ4v) is 3.66. The van der Waals surface area contributed by atoms with Gasteiger partial charge in [-0.25, -0.2) is 0 Å². The smallest absolute Gasteiger partial charge is 0.226 e. The molecule has 0 bridgehead atoms. The summed E-state index contributed by atoms with van der Waals surface area (Å²) in [5, 5.41) is 2.97. The summed E-state index contributed by atoms with van der Waals surface area (Å²) in [6.45, 7) is 6.15. The molecule has 0 aromatic heterocycles. The zero-order chi connectivity index (χ0) is 19.9. The first-order valence-electron chi connectivity index (χ1n) is 10.1. The third-order valence-electron chi connectivity index (χ3n) is 5.25. The molecule has 2 aromatic rings. The molecule has 0 spiro atoms. The Hall–Kier alpha value is -2.82. The summed E-state index contributed by atoms with van der Waals surface area (Å²) in [5.41, 5.74) is 3.98. The first-order chi connectivity index (χ1) is 13.6. The second-order valence-corrected chi connectivity index (χ2v) is 7.19. The Kier molecular flexibility index (Phi) is 6.69. The molecule has 148 valence electrons. The van der Waals surface area contributed by atoms with Crippen molar-refractivity contribution in [1.82, 2.24) is 0 Å². The summed E-state index contributed by atoms with van der Waals surface area (Å²) in [7, 11) is 0. The first kappa shape index (κ1) is 19.9. The van der Waals surface area contributed by atoms with Crippen molar-refractivity contribution in [2.75, 3.05) is 34.8 Å². The molecule has 0 atom stereocenters. The topological polar surface area (TPSA) is 52.7 Å². The van der Waals surface area contributed by atoms with Gasteiger partial charge in [-0.15, -0.1) is 0 Å². The van der Waals surface area contributed by atoms with Crippen LogP contribution in [0.15, 0.2) is 48.5 Å². The summed E-state index contributed by atoms with van der Waals surface area (Å²) in [4.78, 5) is 28.6. The lowest BCUT2D eigenvalue weighted by Crippen LogP contribution is -2.32. The van der Waals surface area contributed by atoms with Crippen molar-refractivity contribution in [2.24, 2.45) is 0 Å². The normalized spacial score (nSPS) is 13.4. The minimum atomic E-state index is -0.0826. The van der Waals surface area contributed by atoms with Crippen LogP contribution in [-0.4, -0.2) is 31.4 Å². The van der Waals surface area contributed by atoms with Gasteiger partial charge in [-0.3, -0.25) is 9.59 Å². The van der Waals surface area contributed by atoms with Gasteiger partial charge in [-0.1, -0.05) is 25.1 Å².